The van der Waals surface area contributed by atoms with E-state index in [1.807, 2.05) is 24.3 Å². The Bertz CT molecular complexity index is 456. The van der Waals surface area contributed by atoms with Crippen LogP contribution in [0.5, 0.6) is 5.75 Å². The number of nitrogens with zero attached hydrogens (tertiary/aromatic N) is 2. The third-order valence-corrected chi connectivity index (χ3v) is 2.22. The molecule has 0 unspecified atom stereocenters. The van der Waals surface area contributed by atoms with Crippen molar-refractivity contribution in [2.45, 2.75) is 0 Å². The Labute approximate surface area is 92.7 Å². The summed E-state index contributed by atoms with van der Waals surface area (Å²) in [5.74, 6) is 0.808. The smallest absolute Gasteiger partial charge is 0.222 e. The molecule has 0 aliphatic carbocycles. The average molecular weight is 221 g/mol. The van der Waals surface area contributed by atoms with Crippen LogP contribution < -0.4 is 4.74 Å². The number of hydrogen-bond acceptors (Lipinski definition) is 3. The molecule has 0 aliphatic heterocycles. The minimum absolute atomic E-state index is 0.252. The van der Waals surface area contributed by atoms with Crippen LogP contribution in [0, 0.1) is 0 Å². The molecular formula is C11H9ClN2O. The van der Waals surface area contributed by atoms with E-state index in [-0.39, 0.29) is 5.28 Å². The normalized spacial score (nSPS) is 10.0. The van der Waals surface area contributed by atoms with Crippen molar-refractivity contribution in [1.29, 1.82) is 0 Å². The van der Waals surface area contributed by atoms with Crippen molar-refractivity contribution in [3.63, 3.8) is 0 Å². The van der Waals surface area contributed by atoms with Crippen LogP contribution in [0.4, 0.5) is 0 Å². The highest BCUT2D eigenvalue weighted by molar-refractivity contribution is 6.28. The highest BCUT2D eigenvalue weighted by Gasteiger charge is 2.00. The van der Waals surface area contributed by atoms with Crippen LogP contribution in [0.2, 0.25) is 5.28 Å². The lowest BCUT2D eigenvalue weighted by Gasteiger charge is -2.03. The Morgan fingerprint density at radius 2 is 1.87 bits per heavy atom. The van der Waals surface area contributed by atoms with Gasteiger partial charge in [0.15, 0.2) is 0 Å². The van der Waals surface area contributed by atoms with Crippen LogP contribution in [0.25, 0.3) is 11.1 Å². The molecule has 15 heavy (non-hydrogen) atoms. The summed E-state index contributed by atoms with van der Waals surface area (Å²) in [6.45, 7) is 0. The van der Waals surface area contributed by atoms with Gasteiger partial charge in [-0.25, -0.2) is 9.97 Å². The molecule has 4 heteroatoms. The van der Waals surface area contributed by atoms with Gasteiger partial charge >= 0.3 is 0 Å². The lowest BCUT2D eigenvalue weighted by molar-refractivity contribution is 0.415. The van der Waals surface area contributed by atoms with Gasteiger partial charge in [-0.15, -0.1) is 0 Å². The molecule has 1 aromatic heterocycles. The van der Waals surface area contributed by atoms with Crippen LogP contribution in [0.1, 0.15) is 0 Å². The Hall–Kier alpha value is -1.61. The largest absolute Gasteiger partial charge is 0.497 e. The van der Waals surface area contributed by atoms with Gasteiger partial charge in [0.25, 0.3) is 0 Å². The van der Waals surface area contributed by atoms with Crippen molar-refractivity contribution in [3.8, 4) is 16.9 Å². The third-order valence-electron chi connectivity index (χ3n) is 2.02. The predicted octanol–water partition coefficient (Wildman–Crippen LogP) is 2.81. The Morgan fingerprint density at radius 3 is 2.53 bits per heavy atom. The van der Waals surface area contributed by atoms with Gasteiger partial charge in [0, 0.05) is 18.0 Å². The van der Waals surface area contributed by atoms with Crippen LogP contribution in [0.15, 0.2) is 36.7 Å². The number of hydrogen-bond donors (Lipinski definition) is 0. The summed E-state index contributed by atoms with van der Waals surface area (Å²) in [5.41, 5.74) is 1.92. The van der Waals surface area contributed by atoms with Crippen LogP contribution in [-0.4, -0.2) is 17.1 Å². The first-order valence-electron chi connectivity index (χ1n) is 4.41. The molecule has 0 aliphatic rings. The molecule has 0 spiro atoms. The number of ether oxygens (including phenoxy) is 1. The van der Waals surface area contributed by atoms with Gasteiger partial charge in [-0.3, -0.25) is 0 Å². The average Bonchev–Trinajstić information content (AvgIpc) is 2.30. The molecule has 0 radical (unpaired) electrons. The van der Waals surface area contributed by atoms with Crippen molar-refractivity contribution in [1.82, 2.24) is 9.97 Å². The fraction of sp³-hybridized carbons (Fsp3) is 0.0909. The summed E-state index contributed by atoms with van der Waals surface area (Å²) >= 11 is 5.61. The summed E-state index contributed by atoms with van der Waals surface area (Å²) in [6, 6.07) is 7.70. The number of benzene rings is 1. The minimum atomic E-state index is 0.252. The molecule has 0 amide bonds. The van der Waals surface area contributed by atoms with Crippen molar-refractivity contribution in [2.75, 3.05) is 7.11 Å². The minimum Gasteiger partial charge on any atom is -0.497 e. The first-order valence-corrected chi connectivity index (χ1v) is 4.79. The van der Waals surface area contributed by atoms with Crippen LogP contribution >= 0.6 is 11.6 Å². The standard InChI is InChI=1S/C11H9ClN2O/c1-15-10-4-2-3-8(5-10)9-6-13-11(12)14-7-9/h2-7H,1H3. The highest BCUT2D eigenvalue weighted by atomic mass is 35.5. The molecule has 0 bridgehead atoms. The SMILES string of the molecule is COc1cccc(-c2cnc(Cl)nc2)c1. The van der Waals surface area contributed by atoms with E-state index in [4.69, 9.17) is 16.3 Å². The maximum atomic E-state index is 5.61. The van der Waals surface area contributed by atoms with Gasteiger partial charge in [0.1, 0.15) is 5.75 Å². The Balaban J connectivity index is 2.40. The second-order valence-corrected chi connectivity index (χ2v) is 3.31. The van der Waals surface area contributed by atoms with E-state index in [1.54, 1.807) is 19.5 Å². The fourth-order valence-corrected chi connectivity index (χ4v) is 1.36. The van der Waals surface area contributed by atoms with Crippen molar-refractivity contribution in [2.24, 2.45) is 0 Å². The van der Waals surface area contributed by atoms with Crippen molar-refractivity contribution in [3.05, 3.63) is 41.9 Å². The van der Waals surface area contributed by atoms with Gasteiger partial charge in [-0.05, 0) is 29.3 Å². The number of methoxy groups -OCH3 is 1. The molecule has 1 heterocycles. The molecule has 0 fully saturated rings. The van der Waals surface area contributed by atoms with E-state index in [0.717, 1.165) is 16.9 Å². The van der Waals surface area contributed by atoms with E-state index >= 15 is 0 Å². The molecule has 0 saturated heterocycles. The van der Waals surface area contributed by atoms with Crippen molar-refractivity contribution < 1.29 is 4.74 Å². The molecule has 2 aromatic rings. The predicted molar refractivity (Wildman–Crippen MR) is 59.0 cm³/mol. The first kappa shape index (κ1) is 9.93. The Kier molecular flexibility index (Phi) is 2.83. The van der Waals surface area contributed by atoms with E-state index < -0.39 is 0 Å². The zero-order valence-electron chi connectivity index (χ0n) is 8.14. The quantitative estimate of drug-likeness (QED) is 0.730. The number of aromatic nitrogens is 2. The van der Waals surface area contributed by atoms with E-state index in [9.17, 15) is 0 Å². The highest BCUT2D eigenvalue weighted by Crippen LogP contribution is 2.22. The molecule has 0 N–H and O–H groups in total. The molecule has 76 valence electrons. The number of rotatable bonds is 2. The summed E-state index contributed by atoms with van der Waals surface area (Å²) in [5, 5.41) is 0.252. The van der Waals surface area contributed by atoms with Gasteiger partial charge in [-0.1, -0.05) is 12.1 Å². The van der Waals surface area contributed by atoms with Gasteiger partial charge < -0.3 is 4.74 Å². The monoisotopic (exact) mass is 220 g/mol. The third kappa shape index (κ3) is 2.25. The lowest BCUT2D eigenvalue weighted by Crippen LogP contribution is -1.86. The van der Waals surface area contributed by atoms with E-state index in [2.05, 4.69) is 9.97 Å². The lowest BCUT2D eigenvalue weighted by atomic mass is 10.1. The summed E-state index contributed by atoms with van der Waals surface area (Å²) in [4.78, 5) is 7.85. The molecule has 3 nitrogen and oxygen atoms in total. The van der Waals surface area contributed by atoms with E-state index in [1.165, 1.54) is 0 Å². The van der Waals surface area contributed by atoms with Gasteiger partial charge in [0.2, 0.25) is 5.28 Å². The molecular weight excluding hydrogens is 212 g/mol. The maximum absolute atomic E-state index is 5.61. The molecule has 1 aromatic carbocycles. The zero-order valence-corrected chi connectivity index (χ0v) is 8.90. The summed E-state index contributed by atoms with van der Waals surface area (Å²) in [6.07, 6.45) is 3.37. The fourth-order valence-electron chi connectivity index (χ4n) is 1.26. The summed E-state index contributed by atoms with van der Waals surface area (Å²) < 4.78 is 5.13. The maximum Gasteiger partial charge on any atom is 0.222 e. The second-order valence-electron chi connectivity index (χ2n) is 2.97. The number of halogens is 1. The molecule has 0 atom stereocenters. The second kappa shape index (κ2) is 4.28. The molecule has 2 rings (SSSR count). The topological polar surface area (TPSA) is 35.0 Å². The van der Waals surface area contributed by atoms with Crippen LogP contribution in [-0.2, 0) is 0 Å². The molecule has 0 saturated carbocycles. The zero-order chi connectivity index (χ0) is 10.7. The first-order chi connectivity index (χ1) is 7.29. The van der Waals surface area contributed by atoms with E-state index in [0.29, 0.717) is 0 Å². The van der Waals surface area contributed by atoms with Crippen molar-refractivity contribution >= 4 is 11.6 Å². The van der Waals surface area contributed by atoms with Gasteiger partial charge in [-0.2, -0.15) is 0 Å². The van der Waals surface area contributed by atoms with Gasteiger partial charge in [0.05, 0.1) is 7.11 Å². The summed E-state index contributed by atoms with van der Waals surface area (Å²) in [7, 11) is 1.64. The van der Waals surface area contributed by atoms with Crippen LogP contribution in [0.3, 0.4) is 0 Å². The Morgan fingerprint density at radius 1 is 1.13 bits per heavy atom.